The molecule has 0 unspecified atom stereocenters. The predicted molar refractivity (Wildman–Crippen MR) is 228 cm³/mol. The van der Waals surface area contributed by atoms with Gasteiger partial charge in [-0.05, 0) is 102 Å². The SMILES string of the molecule is C(=C\c1ccc(N(c2ccccc2)c2ccccc2)cc1)/c1ccc(-c2c3ccccc3c(-c3ccc(-c4ccccc4)cc3)c3ccccc23)cc1. The first-order valence-corrected chi connectivity index (χ1v) is 18.2. The Kier molecular flexibility index (Phi) is 8.66. The summed E-state index contributed by atoms with van der Waals surface area (Å²) in [6.07, 6.45) is 4.39. The lowest BCUT2D eigenvalue weighted by Crippen LogP contribution is -2.09. The van der Waals surface area contributed by atoms with Gasteiger partial charge in [0.1, 0.15) is 0 Å². The molecule has 0 amide bonds. The van der Waals surface area contributed by atoms with E-state index in [-0.39, 0.29) is 0 Å². The second kappa shape index (κ2) is 14.3. The van der Waals surface area contributed by atoms with Gasteiger partial charge in [0.2, 0.25) is 0 Å². The maximum atomic E-state index is 2.29. The van der Waals surface area contributed by atoms with Crippen LogP contribution in [0.3, 0.4) is 0 Å². The summed E-state index contributed by atoms with van der Waals surface area (Å²) < 4.78 is 0. The molecule has 0 aliphatic rings. The van der Waals surface area contributed by atoms with Crippen molar-refractivity contribution in [1.82, 2.24) is 0 Å². The average Bonchev–Trinajstić information content (AvgIpc) is 3.24. The molecule has 53 heavy (non-hydrogen) atoms. The zero-order chi connectivity index (χ0) is 35.4. The Balaban J connectivity index is 1.02. The zero-order valence-electron chi connectivity index (χ0n) is 29.3. The third kappa shape index (κ3) is 6.42. The Bertz CT molecular complexity index is 2560. The molecule has 0 saturated carbocycles. The quantitative estimate of drug-likeness (QED) is 0.114. The largest absolute Gasteiger partial charge is 0.311 e. The van der Waals surface area contributed by atoms with Crippen LogP contribution in [0.25, 0.3) is 67.1 Å². The monoisotopic (exact) mass is 675 g/mol. The molecule has 0 aliphatic heterocycles. The van der Waals surface area contributed by atoms with Crippen molar-refractivity contribution in [2.24, 2.45) is 0 Å². The maximum absolute atomic E-state index is 2.29. The fourth-order valence-corrected chi connectivity index (χ4v) is 7.50. The molecule has 0 aliphatic carbocycles. The summed E-state index contributed by atoms with van der Waals surface area (Å²) in [5.41, 5.74) is 13.2. The summed E-state index contributed by atoms with van der Waals surface area (Å²) in [5.74, 6) is 0. The minimum Gasteiger partial charge on any atom is -0.311 e. The molecular weight excluding hydrogens is 639 g/mol. The van der Waals surface area contributed by atoms with Crippen LogP contribution in [0.4, 0.5) is 17.1 Å². The second-order valence-corrected chi connectivity index (χ2v) is 13.3. The molecule has 0 heterocycles. The van der Waals surface area contributed by atoms with Crippen LogP contribution in [0.1, 0.15) is 11.1 Å². The number of anilines is 3. The van der Waals surface area contributed by atoms with Crippen molar-refractivity contribution in [2.75, 3.05) is 4.90 Å². The molecule has 0 fully saturated rings. The van der Waals surface area contributed by atoms with Gasteiger partial charge in [0, 0.05) is 17.1 Å². The number of nitrogens with zero attached hydrogens (tertiary/aromatic N) is 1. The minimum absolute atomic E-state index is 1.12. The molecule has 1 nitrogen and oxygen atoms in total. The molecule has 0 saturated heterocycles. The van der Waals surface area contributed by atoms with Crippen LogP contribution in [0.15, 0.2) is 212 Å². The van der Waals surface area contributed by atoms with E-state index in [9.17, 15) is 0 Å². The third-order valence-corrected chi connectivity index (χ3v) is 10.1. The van der Waals surface area contributed by atoms with Crippen molar-refractivity contribution >= 4 is 50.8 Å². The molecule has 0 aromatic heterocycles. The summed E-state index contributed by atoms with van der Waals surface area (Å²) in [6, 6.07) is 76.1. The van der Waals surface area contributed by atoms with Crippen LogP contribution >= 0.6 is 0 Å². The first-order chi connectivity index (χ1) is 26.3. The number of hydrogen-bond donors (Lipinski definition) is 0. The van der Waals surface area contributed by atoms with E-state index in [2.05, 4.69) is 229 Å². The molecule has 0 bridgehead atoms. The van der Waals surface area contributed by atoms with Gasteiger partial charge in [0.15, 0.2) is 0 Å². The van der Waals surface area contributed by atoms with E-state index in [4.69, 9.17) is 0 Å². The van der Waals surface area contributed by atoms with Crippen molar-refractivity contribution < 1.29 is 0 Å². The van der Waals surface area contributed by atoms with Gasteiger partial charge in [0.25, 0.3) is 0 Å². The molecule has 1 heteroatoms. The second-order valence-electron chi connectivity index (χ2n) is 13.3. The van der Waals surface area contributed by atoms with E-state index in [1.807, 2.05) is 0 Å². The molecule has 0 radical (unpaired) electrons. The van der Waals surface area contributed by atoms with Crippen molar-refractivity contribution in [1.29, 1.82) is 0 Å². The predicted octanol–water partition coefficient (Wildman–Crippen LogP) is 14.6. The lowest BCUT2D eigenvalue weighted by molar-refractivity contribution is 1.28. The van der Waals surface area contributed by atoms with Crippen LogP contribution in [0.5, 0.6) is 0 Å². The van der Waals surface area contributed by atoms with Gasteiger partial charge in [-0.25, -0.2) is 0 Å². The lowest BCUT2D eigenvalue weighted by Gasteiger charge is -2.25. The van der Waals surface area contributed by atoms with E-state index >= 15 is 0 Å². The first kappa shape index (κ1) is 32.0. The van der Waals surface area contributed by atoms with Gasteiger partial charge in [0.05, 0.1) is 0 Å². The lowest BCUT2D eigenvalue weighted by atomic mass is 9.85. The van der Waals surface area contributed by atoms with Gasteiger partial charge >= 0.3 is 0 Å². The topological polar surface area (TPSA) is 3.24 Å². The zero-order valence-corrected chi connectivity index (χ0v) is 29.3. The van der Waals surface area contributed by atoms with Crippen molar-refractivity contribution in [3.8, 4) is 33.4 Å². The maximum Gasteiger partial charge on any atom is 0.0462 e. The van der Waals surface area contributed by atoms with E-state index in [1.54, 1.807) is 0 Å². The highest BCUT2D eigenvalue weighted by Gasteiger charge is 2.17. The van der Waals surface area contributed by atoms with Crippen LogP contribution in [0, 0.1) is 0 Å². The molecule has 0 N–H and O–H groups in total. The highest BCUT2D eigenvalue weighted by molar-refractivity contribution is 6.21. The number of rotatable bonds is 8. The normalized spacial score (nSPS) is 11.3. The molecule has 0 spiro atoms. The van der Waals surface area contributed by atoms with E-state index in [0.717, 1.165) is 28.2 Å². The molecule has 9 rings (SSSR count). The van der Waals surface area contributed by atoms with Crippen LogP contribution in [0.2, 0.25) is 0 Å². The van der Waals surface area contributed by atoms with E-state index < -0.39 is 0 Å². The number of fused-ring (bicyclic) bond motifs is 2. The number of benzene rings is 9. The van der Waals surface area contributed by atoms with Crippen LogP contribution in [-0.4, -0.2) is 0 Å². The fourth-order valence-electron chi connectivity index (χ4n) is 7.50. The minimum atomic E-state index is 1.12. The third-order valence-electron chi connectivity index (χ3n) is 10.1. The highest BCUT2D eigenvalue weighted by Crippen LogP contribution is 2.44. The Hall–Kier alpha value is -6.96. The standard InChI is InChI=1S/C52H37N/c1-4-14-40(15-5-1)41-32-34-43(35-33-41)52-49-22-12-10-20-47(49)51(48-21-11-13-23-50(48)52)42-30-26-38(27-31-42)24-25-39-28-36-46(37-29-39)53(44-16-6-2-7-17-44)45-18-8-3-9-19-45/h1-37H/b25-24+. The van der Waals surface area contributed by atoms with E-state index in [1.165, 1.54) is 54.9 Å². The molecular formula is C52H37N. The molecule has 250 valence electrons. The van der Waals surface area contributed by atoms with E-state index in [0.29, 0.717) is 0 Å². The van der Waals surface area contributed by atoms with Crippen molar-refractivity contribution in [2.45, 2.75) is 0 Å². The molecule has 9 aromatic rings. The first-order valence-electron chi connectivity index (χ1n) is 18.2. The summed E-state index contributed by atoms with van der Waals surface area (Å²) in [4.78, 5) is 2.29. The van der Waals surface area contributed by atoms with Gasteiger partial charge < -0.3 is 4.90 Å². The highest BCUT2D eigenvalue weighted by atomic mass is 15.1. The fraction of sp³-hybridized carbons (Fsp3) is 0. The van der Waals surface area contributed by atoms with Gasteiger partial charge in [-0.1, -0.05) is 188 Å². The Morgan fingerprint density at radius 2 is 0.547 bits per heavy atom. The molecule has 9 aromatic carbocycles. The van der Waals surface area contributed by atoms with Crippen LogP contribution in [-0.2, 0) is 0 Å². The van der Waals surface area contributed by atoms with Gasteiger partial charge in [-0.2, -0.15) is 0 Å². The Labute approximate surface area is 311 Å². The number of para-hydroxylation sites is 2. The molecule has 0 atom stereocenters. The van der Waals surface area contributed by atoms with Crippen molar-refractivity contribution in [3.63, 3.8) is 0 Å². The van der Waals surface area contributed by atoms with Crippen molar-refractivity contribution in [3.05, 3.63) is 223 Å². The average molecular weight is 676 g/mol. The summed E-state index contributed by atoms with van der Waals surface area (Å²) in [6.45, 7) is 0. The van der Waals surface area contributed by atoms with Gasteiger partial charge in [-0.3, -0.25) is 0 Å². The summed E-state index contributed by atoms with van der Waals surface area (Å²) in [7, 11) is 0. The van der Waals surface area contributed by atoms with Gasteiger partial charge in [-0.15, -0.1) is 0 Å². The number of hydrogen-bond acceptors (Lipinski definition) is 1. The summed E-state index contributed by atoms with van der Waals surface area (Å²) >= 11 is 0. The Morgan fingerprint density at radius 1 is 0.245 bits per heavy atom. The van der Waals surface area contributed by atoms with Crippen LogP contribution < -0.4 is 4.90 Å². The smallest absolute Gasteiger partial charge is 0.0462 e. The summed E-state index contributed by atoms with van der Waals surface area (Å²) in [5, 5.41) is 5.05. The Morgan fingerprint density at radius 3 is 0.981 bits per heavy atom.